The van der Waals surface area contributed by atoms with Gasteiger partial charge in [-0.25, -0.2) is 8.78 Å². The van der Waals surface area contributed by atoms with E-state index < -0.39 is 12.0 Å². The van der Waals surface area contributed by atoms with Crippen molar-refractivity contribution in [2.24, 2.45) is 11.8 Å². The Kier molecular flexibility index (Phi) is 6.60. The molecule has 4 atom stereocenters. The number of rotatable bonds is 5. The summed E-state index contributed by atoms with van der Waals surface area (Å²) >= 11 is 3.41. The monoisotopic (exact) mass is 667 g/mol. The van der Waals surface area contributed by atoms with Gasteiger partial charge >= 0.3 is 6.01 Å². The summed E-state index contributed by atoms with van der Waals surface area (Å²) in [6.07, 6.45) is 1.96. The summed E-state index contributed by atoms with van der Waals surface area (Å²) < 4.78 is 35.7. The van der Waals surface area contributed by atoms with Crippen LogP contribution in [0.2, 0.25) is 0 Å². The Morgan fingerprint density at radius 3 is 2.66 bits per heavy atom. The number of ketones is 2. The lowest BCUT2D eigenvalue weighted by Crippen LogP contribution is -2.43. The van der Waals surface area contributed by atoms with Crippen molar-refractivity contribution in [1.82, 2.24) is 14.9 Å². The van der Waals surface area contributed by atoms with E-state index in [-0.39, 0.29) is 53.7 Å². The molecule has 3 saturated heterocycles. The predicted molar refractivity (Wildman–Crippen MR) is 162 cm³/mol. The molecular weight excluding hydrogens is 636 g/mol. The number of anilines is 2. The van der Waals surface area contributed by atoms with Gasteiger partial charge in [-0.3, -0.25) is 14.5 Å². The average Bonchev–Trinajstić information content (AvgIpc) is 3.74. The van der Waals surface area contributed by atoms with E-state index in [1.807, 2.05) is 4.90 Å². The maximum Gasteiger partial charge on any atom is 0.318 e. The number of carbonyl (C=O) groups is 2. The van der Waals surface area contributed by atoms with E-state index in [2.05, 4.69) is 25.7 Å². The lowest BCUT2D eigenvalue weighted by Gasteiger charge is -2.34. The second-order valence-corrected chi connectivity index (χ2v) is 13.7. The number of halogens is 3. The Labute approximate surface area is 261 Å². The highest BCUT2D eigenvalue weighted by atomic mass is 79.9. The maximum absolute atomic E-state index is 14.7. The lowest BCUT2D eigenvalue weighted by atomic mass is 9.95. The van der Waals surface area contributed by atoms with Crippen molar-refractivity contribution < 1.29 is 28.2 Å². The van der Waals surface area contributed by atoms with Gasteiger partial charge in [-0.1, -0.05) is 6.07 Å². The smallest absolute Gasteiger partial charge is 0.318 e. The number of fused-ring (bicyclic) bond motifs is 4. The number of Topliss-reactive ketones (excluding diaryl/α,β-unsaturated/α-hetero) is 2. The molecule has 8 rings (SSSR count). The van der Waals surface area contributed by atoms with Gasteiger partial charge in [0.1, 0.15) is 41.7 Å². The van der Waals surface area contributed by atoms with Gasteiger partial charge in [-0.15, -0.1) is 0 Å². The normalized spacial score (nSPS) is 28.2. The van der Waals surface area contributed by atoms with E-state index in [1.165, 1.54) is 6.07 Å². The molecule has 4 aliphatic heterocycles. The van der Waals surface area contributed by atoms with Crippen LogP contribution in [-0.2, 0) is 22.6 Å². The molecule has 2 aromatic carbocycles. The third-order valence-electron chi connectivity index (χ3n) is 10.4. The first-order valence-corrected chi connectivity index (χ1v) is 16.1. The second-order valence-electron chi connectivity index (χ2n) is 12.9. The molecule has 44 heavy (non-hydrogen) atoms. The topological polar surface area (TPSA) is 99.1 Å². The summed E-state index contributed by atoms with van der Waals surface area (Å²) in [5.41, 5.74) is 1.96. The molecule has 2 unspecified atom stereocenters. The van der Waals surface area contributed by atoms with E-state index in [9.17, 15) is 23.5 Å². The minimum absolute atomic E-state index is 0.0101. The molecule has 5 aliphatic rings. The number of aromatic hydroxyl groups is 1. The van der Waals surface area contributed by atoms with Crippen LogP contribution >= 0.6 is 15.9 Å². The summed E-state index contributed by atoms with van der Waals surface area (Å²) in [5, 5.41) is 11.9. The lowest BCUT2D eigenvalue weighted by molar-refractivity contribution is -0.123. The van der Waals surface area contributed by atoms with Crippen LogP contribution < -0.4 is 14.5 Å². The number of ether oxygens (including phenoxy) is 1. The second kappa shape index (κ2) is 10.3. The molecule has 12 heteroatoms. The quantitative estimate of drug-likeness (QED) is 0.398. The van der Waals surface area contributed by atoms with Gasteiger partial charge < -0.3 is 19.6 Å². The van der Waals surface area contributed by atoms with Gasteiger partial charge in [0.15, 0.2) is 0 Å². The number of nitrogens with zero attached hydrogens (tertiary/aromatic N) is 5. The Morgan fingerprint density at radius 2 is 1.86 bits per heavy atom. The van der Waals surface area contributed by atoms with Gasteiger partial charge in [0.25, 0.3) is 0 Å². The van der Waals surface area contributed by atoms with E-state index in [0.29, 0.717) is 72.3 Å². The van der Waals surface area contributed by atoms with Crippen LogP contribution in [-0.4, -0.2) is 82.6 Å². The molecule has 1 aliphatic carbocycles. The Bertz CT molecular complexity index is 1700. The van der Waals surface area contributed by atoms with Crippen molar-refractivity contribution in [3.05, 3.63) is 45.8 Å². The van der Waals surface area contributed by atoms with Crippen LogP contribution in [0.3, 0.4) is 0 Å². The average molecular weight is 669 g/mol. The number of hydrogen-bond donors (Lipinski definition) is 1. The number of aromatic nitrogens is 2. The zero-order valence-electron chi connectivity index (χ0n) is 24.1. The molecule has 3 aromatic rings. The van der Waals surface area contributed by atoms with Crippen LogP contribution in [0.15, 0.2) is 28.7 Å². The number of phenolic OH excluding ortho intramolecular Hbond substituents is 1. The highest BCUT2D eigenvalue weighted by molar-refractivity contribution is 9.10. The minimum Gasteiger partial charge on any atom is -0.508 e. The zero-order chi connectivity index (χ0) is 30.3. The molecule has 0 bridgehead atoms. The molecular formula is C32H32BrF2N5O4. The number of benzene rings is 2. The fourth-order valence-corrected chi connectivity index (χ4v) is 8.80. The number of phenols is 1. The highest BCUT2D eigenvalue weighted by Gasteiger charge is 2.50. The predicted octanol–water partition coefficient (Wildman–Crippen LogP) is 4.35. The van der Waals surface area contributed by atoms with Crippen LogP contribution in [0.1, 0.15) is 36.9 Å². The van der Waals surface area contributed by atoms with E-state index >= 15 is 0 Å². The highest BCUT2D eigenvalue weighted by Crippen LogP contribution is 2.43. The standard InChI is InChI=1S/C32H32BrF2N5O4/c33-29-23(35)3-2-17-8-19(41)9-25(28(17)29)38-7-4-20-24(15-38)36-31(44-16-32-5-1-6-40(32)12-18(34)11-32)37-30(20)39-13-21-22(14-39)27(43)10-26(21)42/h2-3,8-9,18,21-22,41H,1,4-7,10-16H2/t18-,21?,22?,32+/m1/s1. The first-order chi connectivity index (χ1) is 21.2. The summed E-state index contributed by atoms with van der Waals surface area (Å²) in [4.78, 5) is 41.1. The first kappa shape index (κ1) is 28.1. The first-order valence-electron chi connectivity index (χ1n) is 15.3. The van der Waals surface area contributed by atoms with Gasteiger partial charge in [0, 0.05) is 67.1 Å². The fraction of sp³-hybridized carbons (Fsp3) is 0.500. The SMILES string of the molecule is O=C1CC(=O)C2CN(c3nc(OC[C@@]45CCCN4C[C@H](F)C5)nc4c3CCN(c3cc(O)cc5ccc(F)c(Br)c35)C4)CC12. The third-order valence-corrected chi connectivity index (χ3v) is 11.1. The van der Waals surface area contributed by atoms with Crippen LogP contribution in [0, 0.1) is 17.7 Å². The molecule has 1 aromatic heterocycles. The minimum atomic E-state index is -0.882. The summed E-state index contributed by atoms with van der Waals surface area (Å²) in [6.45, 7) is 3.30. The Hall–Kier alpha value is -3.38. The summed E-state index contributed by atoms with van der Waals surface area (Å²) in [5.74, 6) is -0.320. The van der Waals surface area contributed by atoms with Crippen molar-refractivity contribution in [2.45, 2.75) is 50.4 Å². The molecule has 1 saturated carbocycles. The van der Waals surface area contributed by atoms with Gasteiger partial charge in [0.05, 0.1) is 28.7 Å². The molecule has 0 radical (unpaired) electrons. The van der Waals surface area contributed by atoms with Crippen molar-refractivity contribution in [1.29, 1.82) is 0 Å². The molecule has 1 N–H and O–H groups in total. The molecule has 4 fully saturated rings. The Balaban J connectivity index is 1.16. The summed E-state index contributed by atoms with van der Waals surface area (Å²) in [7, 11) is 0. The van der Waals surface area contributed by atoms with Crippen LogP contribution in [0.25, 0.3) is 10.8 Å². The molecule has 230 valence electrons. The molecule has 5 heterocycles. The fourth-order valence-electron chi connectivity index (χ4n) is 8.24. The molecule has 0 spiro atoms. The van der Waals surface area contributed by atoms with Crippen molar-refractivity contribution in [3.63, 3.8) is 0 Å². The van der Waals surface area contributed by atoms with Gasteiger partial charge in [-0.05, 0) is 59.3 Å². The van der Waals surface area contributed by atoms with Crippen LogP contribution in [0.4, 0.5) is 20.3 Å². The van der Waals surface area contributed by atoms with Crippen molar-refractivity contribution >= 4 is 49.8 Å². The number of carbonyl (C=O) groups excluding carboxylic acids is 2. The molecule has 0 amide bonds. The summed E-state index contributed by atoms with van der Waals surface area (Å²) in [6, 6.07) is 6.44. The Morgan fingerprint density at radius 1 is 1.07 bits per heavy atom. The number of alkyl halides is 1. The van der Waals surface area contributed by atoms with Crippen molar-refractivity contribution in [3.8, 4) is 11.8 Å². The van der Waals surface area contributed by atoms with E-state index in [0.717, 1.165) is 30.6 Å². The van der Waals surface area contributed by atoms with E-state index in [1.54, 1.807) is 18.2 Å². The maximum atomic E-state index is 14.7. The van der Waals surface area contributed by atoms with E-state index in [4.69, 9.17) is 14.7 Å². The molecule has 9 nitrogen and oxygen atoms in total. The van der Waals surface area contributed by atoms with Gasteiger partial charge in [0.2, 0.25) is 0 Å². The largest absolute Gasteiger partial charge is 0.508 e. The number of hydrogen-bond acceptors (Lipinski definition) is 9. The van der Waals surface area contributed by atoms with Crippen LogP contribution in [0.5, 0.6) is 11.8 Å². The third kappa shape index (κ3) is 4.47. The van der Waals surface area contributed by atoms with Gasteiger partial charge in [-0.2, -0.15) is 9.97 Å². The van der Waals surface area contributed by atoms with Crippen molar-refractivity contribution in [2.75, 3.05) is 49.1 Å². The zero-order valence-corrected chi connectivity index (χ0v) is 25.7.